The second-order valence-electron chi connectivity index (χ2n) is 6.32. The van der Waals surface area contributed by atoms with Gasteiger partial charge in [-0.25, -0.2) is 4.39 Å². The predicted octanol–water partition coefficient (Wildman–Crippen LogP) is 4.02. The molecular weight excluding hydrogens is 339 g/mol. The quantitative estimate of drug-likeness (QED) is 0.569. The fraction of sp³-hybridized carbons (Fsp3) is 0.316. The van der Waals surface area contributed by atoms with Gasteiger partial charge in [0.25, 0.3) is 5.91 Å². The molecule has 0 unspecified atom stereocenters. The molecule has 0 radical (unpaired) electrons. The first-order valence-electron chi connectivity index (χ1n) is 8.28. The van der Waals surface area contributed by atoms with E-state index in [2.05, 4.69) is 19.2 Å². The van der Waals surface area contributed by atoms with Crippen molar-refractivity contribution in [3.05, 3.63) is 70.0 Å². The van der Waals surface area contributed by atoms with Gasteiger partial charge >= 0.3 is 5.69 Å². The average molecular weight is 360 g/mol. The molecule has 138 valence electrons. The number of nitro groups is 1. The van der Waals surface area contributed by atoms with Gasteiger partial charge in [-0.2, -0.15) is 0 Å². The van der Waals surface area contributed by atoms with Crippen LogP contribution in [0.2, 0.25) is 0 Å². The van der Waals surface area contributed by atoms with Crippen molar-refractivity contribution in [3.8, 4) is 5.75 Å². The number of halogens is 1. The molecule has 0 heterocycles. The molecule has 1 N–H and O–H groups in total. The minimum Gasteiger partial charge on any atom is -0.477 e. The summed E-state index contributed by atoms with van der Waals surface area (Å²) in [5, 5.41) is 13.8. The topological polar surface area (TPSA) is 81.5 Å². The number of benzene rings is 2. The van der Waals surface area contributed by atoms with Gasteiger partial charge < -0.3 is 10.1 Å². The summed E-state index contributed by atoms with van der Waals surface area (Å²) >= 11 is 0. The van der Waals surface area contributed by atoms with Crippen molar-refractivity contribution >= 4 is 11.6 Å². The SMILES string of the molecule is CC(C)C[C@H](NC(=O)COc1cc(F)ccc1[N+](=O)[O-])c1ccccc1. The van der Waals surface area contributed by atoms with Crippen molar-refractivity contribution in [2.45, 2.75) is 26.3 Å². The molecule has 26 heavy (non-hydrogen) atoms. The van der Waals surface area contributed by atoms with Crippen LogP contribution in [0.25, 0.3) is 0 Å². The van der Waals surface area contributed by atoms with Crippen LogP contribution < -0.4 is 10.1 Å². The predicted molar refractivity (Wildman–Crippen MR) is 95.3 cm³/mol. The minimum absolute atomic E-state index is 0.199. The van der Waals surface area contributed by atoms with Gasteiger partial charge in [-0.1, -0.05) is 44.2 Å². The molecule has 2 aromatic rings. The van der Waals surface area contributed by atoms with E-state index in [0.717, 1.165) is 30.2 Å². The Morgan fingerprint density at radius 1 is 1.23 bits per heavy atom. The van der Waals surface area contributed by atoms with Crippen molar-refractivity contribution in [1.82, 2.24) is 5.32 Å². The van der Waals surface area contributed by atoms with Gasteiger partial charge in [0.1, 0.15) is 5.82 Å². The van der Waals surface area contributed by atoms with Gasteiger partial charge in [0.2, 0.25) is 5.75 Å². The summed E-state index contributed by atoms with van der Waals surface area (Å²) in [6, 6.07) is 12.2. The zero-order chi connectivity index (χ0) is 19.1. The van der Waals surface area contributed by atoms with Crippen molar-refractivity contribution in [2.75, 3.05) is 6.61 Å². The van der Waals surface area contributed by atoms with E-state index in [-0.39, 0.29) is 17.5 Å². The average Bonchev–Trinajstić information content (AvgIpc) is 2.59. The number of rotatable bonds is 8. The molecule has 0 aliphatic carbocycles. The van der Waals surface area contributed by atoms with Gasteiger partial charge in [-0.15, -0.1) is 0 Å². The fourth-order valence-corrected chi connectivity index (χ4v) is 2.57. The Balaban J connectivity index is 2.05. The van der Waals surface area contributed by atoms with Crippen LogP contribution in [0, 0.1) is 21.8 Å². The molecule has 0 aromatic heterocycles. The molecule has 2 rings (SSSR count). The lowest BCUT2D eigenvalue weighted by atomic mass is 9.97. The molecule has 0 aliphatic heterocycles. The third kappa shape index (κ3) is 5.54. The monoisotopic (exact) mass is 360 g/mol. The molecule has 0 saturated heterocycles. The summed E-state index contributed by atoms with van der Waals surface area (Å²) in [7, 11) is 0. The Hall–Kier alpha value is -2.96. The normalized spacial score (nSPS) is 11.8. The van der Waals surface area contributed by atoms with Crippen molar-refractivity contribution < 1.29 is 18.8 Å². The van der Waals surface area contributed by atoms with Crippen LogP contribution in [0.1, 0.15) is 31.9 Å². The van der Waals surface area contributed by atoms with Crippen molar-refractivity contribution in [3.63, 3.8) is 0 Å². The Labute approximate surface area is 151 Å². The Bertz CT molecular complexity index is 765. The highest BCUT2D eigenvalue weighted by molar-refractivity contribution is 5.78. The summed E-state index contributed by atoms with van der Waals surface area (Å²) in [5.74, 6) is -1.03. The van der Waals surface area contributed by atoms with E-state index >= 15 is 0 Å². The molecule has 6 nitrogen and oxygen atoms in total. The molecule has 1 atom stereocenters. The van der Waals surface area contributed by atoms with Crippen LogP contribution in [-0.4, -0.2) is 17.4 Å². The second-order valence-corrected chi connectivity index (χ2v) is 6.32. The zero-order valence-electron chi connectivity index (χ0n) is 14.6. The second kappa shape index (κ2) is 8.94. The molecule has 0 fully saturated rings. The van der Waals surface area contributed by atoms with E-state index < -0.39 is 23.3 Å². The van der Waals surface area contributed by atoms with Crippen LogP contribution in [-0.2, 0) is 4.79 Å². The Kier molecular flexibility index (Phi) is 6.66. The third-order valence-electron chi connectivity index (χ3n) is 3.72. The first-order chi connectivity index (χ1) is 12.4. The van der Waals surface area contributed by atoms with E-state index in [1.165, 1.54) is 0 Å². The number of hydrogen-bond acceptors (Lipinski definition) is 4. The summed E-state index contributed by atoms with van der Waals surface area (Å²) in [6.45, 7) is 3.66. The van der Waals surface area contributed by atoms with E-state index in [9.17, 15) is 19.3 Å². The molecule has 0 spiro atoms. The van der Waals surface area contributed by atoms with Crippen LogP contribution >= 0.6 is 0 Å². The summed E-state index contributed by atoms with van der Waals surface area (Å²) in [5.41, 5.74) is 0.576. The lowest BCUT2D eigenvalue weighted by molar-refractivity contribution is -0.385. The smallest absolute Gasteiger partial charge is 0.311 e. The summed E-state index contributed by atoms with van der Waals surface area (Å²) < 4.78 is 18.5. The van der Waals surface area contributed by atoms with Gasteiger partial charge in [-0.05, 0) is 24.0 Å². The van der Waals surface area contributed by atoms with Gasteiger partial charge in [0.15, 0.2) is 6.61 Å². The molecule has 0 bridgehead atoms. The Morgan fingerprint density at radius 3 is 2.54 bits per heavy atom. The fourth-order valence-electron chi connectivity index (χ4n) is 2.57. The van der Waals surface area contributed by atoms with Crippen LogP contribution in [0.15, 0.2) is 48.5 Å². The Morgan fingerprint density at radius 2 is 1.92 bits per heavy atom. The highest BCUT2D eigenvalue weighted by Crippen LogP contribution is 2.27. The van der Waals surface area contributed by atoms with Crippen LogP contribution in [0.4, 0.5) is 10.1 Å². The van der Waals surface area contributed by atoms with E-state index in [1.54, 1.807) is 0 Å². The number of nitrogens with zero attached hydrogens (tertiary/aromatic N) is 1. The summed E-state index contributed by atoms with van der Waals surface area (Å²) in [6.07, 6.45) is 0.732. The first kappa shape index (κ1) is 19.4. The number of carbonyl (C=O) groups excluding carboxylic acids is 1. The molecule has 0 aliphatic rings. The number of ether oxygens (including phenoxy) is 1. The van der Waals surface area contributed by atoms with E-state index in [4.69, 9.17) is 4.74 Å². The lowest BCUT2D eigenvalue weighted by Gasteiger charge is -2.21. The maximum atomic E-state index is 13.3. The van der Waals surface area contributed by atoms with E-state index in [0.29, 0.717) is 5.92 Å². The lowest BCUT2D eigenvalue weighted by Crippen LogP contribution is -2.33. The summed E-state index contributed by atoms with van der Waals surface area (Å²) in [4.78, 5) is 22.5. The van der Waals surface area contributed by atoms with Gasteiger partial charge in [0, 0.05) is 12.1 Å². The van der Waals surface area contributed by atoms with Crippen molar-refractivity contribution in [1.29, 1.82) is 0 Å². The number of nitro benzene ring substituents is 1. The number of carbonyl (C=O) groups is 1. The van der Waals surface area contributed by atoms with Crippen LogP contribution in [0.5, 0.6) is 5.75 Å². The highest BCUT2D eigenvalue weighted by atomic mass is 19.1. The van der Waals surface area contributed by atoms with Gasteiger partial charge in [-0.3, -0.25) is 14.9 Å². The first-order valence-corrected chi connectivity index (χ1v) is 8.28. The van der Waals surface area contributed by atoms with Crippen molar-refractivity contribution in [2.24, 2.45) is 5.92 Å². The number of nitrogens with one attached hydrogen (secondary N) is 1. The molecule has 2 aromatic carbocycles. The highest BCUT2D eigenvalue weighted by Gasteiger charge is 2.19. The third-order valence-corrected chi connectivity index (χ3v) is 3.72. The number of hydrogen-bond donors (Lipinski definition) is 1. The largest absolute Gasteiger partial charge is 0.477 e. The standard InChI is InChI=1S/C19H21FN2O4/c1-13(2)10-16(14-6-4-3-5-7-14)21-19(23)12-26-18-11-15(20)8-9-17(18)22(24)25/h3-9,11,13,16H,10,12H2,1-2H3,(H,21,23)/t16-/m0/s1. The zero-order valence-corrected chi connectivity index (χ0v) is 14.6. The molecule has 1 amide bonds. The van der Waals surface area contributed by atoms with E-state index in [1.807, 2.05) is 30.3 Å². The maximum absolute atomic E-state index is 13.3. The molecular formula is C19H21FN2O4. The minimum atomic E-state index is -0.682. The number of amides is 1. The maximum Gasteiger partial charge on any atom is 0.311 e. The molecule has 7 heteroatoms. The molecule has 0 saturated carbocycles. The van der Waals surface area contributed by atoms with Crippen LogP contribution in [0.3, 0.4) is 0 Å². The van der Waals surface area contributed by atoms with Gasteiger partial charge in [0.05, 0.1) is 11.0 Å².